The normalized spacial score (nSPS) is 12.2. The van der Waals surface area contributed by atoms with Gasteiger partial charge in [-0.1, -0.05) is 24.3 Å². The maximum absolute atomic E-state index is 10.5. The van der Waals surface area contributed by atoms with Crippen LogP contribution in [0.15, 0.2) is 24.3 Å². The van der Waals surface area contributed by atoms with Crippen LogP contribution in [0.4, 0.5) is 0 Å². The van der Waals surface area contributed by atoms with E-state index in [0.717, 1.165) is 11.1 Å². The molecule has 0 heterocycles. The highest BCUT2D eigenvalue weighted by Crippen LogP contribution is 2.08. The van der Waals surface area contributed by atoms with Crippen LogP contribution < -0.4 is 5.73 Å². The van der Waals surface area contributed by atoms with E-state index in [0.29, 0.717) is 6.42 Å². The summed E-state index contributed by atoms with van der Waals surface area (Å²) in [5, 5.41) is 8.61. The van der Waals surface area contributed by atoms with E-state index in [-0.39, 0.29) is 0 Å². The highest BCUT2D eigenvalue weighted by molar-refractivity contribution is 7.79. The zero-order valence-corrected chi connectivity index (χ0v) is 10.5. The van der Waals surface area contributed by atoms with Gasteiger partial charge in [0.1, 0.15) is 6.04 Å². The SMILES string of the molecule is Cc1ccccc1C[C@H](N)C(=O)O.O=S(=O)(O)O. The summed E-state index contributed by atoms with van der Waals surface area (Å²) in [5.41, 5.74) is 7.50. The first-order chi connectivity index (χ1) is 8.11. The number of carbonyl (C=O) groups is 1. The van der Waals surface area contributed by atoms with Crippen molar-refractivity contribution in [1.29, 1.82) is 0 Å². The van der Waals surface area contributed by atoms with Gasteiger partial charge in [0, 0.05) is 0 Å². The molecule has 1 atom stereocenters. The zero-order chi connectivity index (χ0) is 14.3. The van der Waals surface area contributed by atoms with E-state index in [4.69, 9.17) is 28.4 Å². The standard InChI is InChI=1S/C10H13NO2.H2O4S/c1-7-4-2-3-5-8(7)6-9(11)10(12)13;1-5(2,3)4/h2-5,9H,6,11H2,1H3,(H,12,13);(H2,1,2,3,4)/t9-;/m0./s1. The fourth-order valence-corrected chi connectivity index (χ4v) is 1.16. The third kappa shape index (κ3) is 8.65. The number of benzene rings is 1. The minimum Gasteiger partial charge on any atom is -0.480 e. The van der Waals surface area contributed by atoms with E-state index < -0.39 is 22.4 Å². The second-order valence-electron chi connectivity index (χ2n) is 3.52. The summed E-state index contributed by atoms with van der Waals surface area (Å²) in [6.07, 6.45) is 0.391. The summed E-state index contributed by atoms with van der Waals surface area (Å²) in [4.78, 5) is 10.5. The van der Waals surface area contributed by atoms with Gasteiger partial charge >= 0.3 is 16.4 Å². The van der Waals surface area contributed by atoms with Gasteiger partial charge in [-0.2, -0.15) is 8.42 Å². The Morgan fingerprint density at radius 1 is 1.33 bits per heavy atom. The molecule has 0 aromatic heterocycles. The van der Waals surface area contributed by atoms with E-state index in [2.05, 4.69) is 0 Å². The Bertz CT molecular complexity index is 491. The highest BCUT2D eigenvalue weighted by Gasteiger charge is 2.12. The highest BCUT2D eigenvalue weighted by atomic mass is 32.3. The predicted molar refractivity (Wildman–Crippen MR) is 64.7 cm³/mol. The van der Waals surface area contributed by atoms with Crippen molar-refractivity contribution in [1.82, 2.24) is 0 Å². The number of carboxylic acids is 1. The monoisotopic (exact) mass is 277 g/mol. The average molecular weight is 277 g/mol. The summed E-state index contributed by atoms with van der Waals surface area (Å²) in [7, 11) is -4.67. The molecule has 0 bridgehead atoms. The van der Waals surface area contributed by atoms with E-state index >= 15 is 0 Å². The lowest BCUT2D eigenvalue weighted by Gasteiger charge is -2.08. The van der Waals surface area contributed by atoms with Crippen LogP contribution in [-0.2, 0) is 21.6 Å². The van der Waals surface area contributed by atoms with Crippen LogP contribution >= 0.6 is 0 Å². The Kier molecular flexibility index (Phi) is 6.48. The lowest BCUT2D eigenvalue weighted by Crippen LogP contribution is -2.32. The molecule has 1 aromatic rings. The molecular formula is C10H15NO6S. The second-order valence-corrected chi connectivity index (χ2v) is 4.42. The molecule has 5 N–H and O–H groups in total. The molecule has 0 aliphatic rings. The van der Waals surface area contributed by atoms with Crippen molar-refractivity contribution in [2.24, 2.45) is 5.73 Å². The van der Waals surface area contributed by atoms with Crippen molar-refractivity contribution in [3.63, 3.8) is 0 Å². The molecular weight excluding hydrogens is 262 g/mol. The number of carboxylic acid groups (broad SMARTS) is 1. The summed E-state index contributed by atoms with van der Waals surface area (Å²) in [6, 6.07) is 6.85. The summed E-state index contributed by atoms with van der Waals surface area (Å²) in [6.45, 7) is 1.95. The molecule has 0 aliphatic carbocycles. The predicted octanol–water partition coefficient (Wildman–Crippen LogP) is 0.297. The first-order valence-corrected chi connectivity index (χ1v) is 6.23. The molecule has 18 heavy (non-hydrogen) atoms. The second kappa shape index (κ2) is 7.07. The number of nitrogens with two attached hydrogens (primary N) is 1. The van der Waals surface area contributed by atoms with Crippen LogP contribution in [0, 0.1) is 6.92 Å². The quantitative estimate of drug-likeness (QED) is 0.583. The van der Waals surface area contributed by atoms with Crippen molar-refractivity contribution < 1.29 is 27.4 Å². The van der Waals surface area contributed by atoms with E-state index in [1.807, 2.05) is 31.2 Å². The fraction of sp³-hybridized carbons (Fsp3) is 0.300. The van der Waals surface area contributed by atoms with Crippen LogP contribution in [0.1, 0.15) is 11.1 Å². The molecule has 0 spiro atoms. The van der Waals surface area contributed by atoms with Gasteiger partial charge in [0.05, 0.1) is 0 Å². The van der Waals surface area contributed by atoms with Crippen molar-refractivity contribution in [3.8, 4) is 0 Å². The van der Waals surface area contributed by atoms with Gasteiger partial charge in [0.2, 0.25) is 0 Å². The van der Waals surface area contributed by atoms with Crippen LogP contribution in [-0.4, -0.2) is 34.6 Å². The van der Waals surface area contributed by atoms with Gasteiger partial charge < -0.3 is 10.8 Å². The number of hydrogen-bond acceptors (Lipinski definition) is 4. The van der Waals surface area contributed by atoms with Gasteiger partial charge in [0.25, 0.3) is 0 Å². The zero-order valence-electron chi connectivity index (χ0n) is 9.65. The minimum atomic E-state index is -4.67. The molecule has 0 aliphatic heterocycles. The molecule has 0 radical (unpaired) electrons. The third-order valence-electron chi connectivity index (χ3n) is 2.02. The van der Waals surface area contributed by atoms with Gasteiger partial charge in [-0.15, -0.1) is 0 Å². The largest absolute Gasteiger partial charge is 0.480 e. The van der Waals surface area contributed by atoms with Crippen molar-refractivity contribution in [3.05, 3.63) is 35.4 Å². The third-order valence-corrected chi connectivity index (χ3v) is 2.02. The molecule has 1 rings (SSSR count). The maximum Gasteiger partial charge on any atom is 0.394 e. The van der Waals surface area contributed by atoms with Crippen LogP contribution in [0.25, 0.3) is 0 Å². The number of rotatable bonds is 3. The number of aryl methyl sites for hydroxylation is 1. The van der Waals surface area contributed by atoms with Gasteiger partial charge in [-0.25, -0.2) is 0 Å². The topological polar surface area (TPSA) is 138 Å². The Morgan fingerprint density at radius 2 is 1.78 bits per heavy atom. The van der Waals surface area contributed by atoms with E-state index in [1.165, 1.54) is 0 Å². The number of aliphatic carboxylic acids is 1. The molecule has 7 nitrogen and oxygen atoms in total. The molecule has 0 amide bonds. The average Bonchev–Trinajstić information content (AvgIpc) is 2.18. The molecule has 0 unspecified atom stereocenters. The minimum absolute atomic E-state index is 0.391. The van der Waals surface area contributed by atoms with E-state index in [1.54, 1.807) is 0 Å². The molecule has 1 aromatic carbocycles. The van der Waals surface area contributed by atoms with Crippen LogP contribution in [0.5, 0.6) is 0 Å². The molecule has 0 saturated carbocycles. The van der Waals surface area contributed by atoms with Crippen molar-refractivity contribution in [2.75, 3.05) is 0 Å². The summed E-state index contributed by atoms with van der Waals surface area (Å²) < 4.78 is 31.6. The van der Waals surface area contributed by atoms with Crippen LogP contribution in [0.2, 0.25) is 0 Å². The lowest BCUT2D eigenvalue weighted by atomic mass is 10.0. The Labute approximate surface area is 105 Å². The Hall–Kier alpha value is -1.48. The smallest absolute Gasteiger partial charge is 0.394 e. The van der Waals surface area contributed by atoms with Crippen LogP contribution in [0.3, 0.4) is 0 Å². The summed E-state index contributed by atoms with van der Waals surface area (Å²) >= 11 is 0. The molecule has 0 saturated heterocycles. The van der Waals surface area contributed by atoms with Gasteiger partial charge in [-0.05, 0) is 24.5 Å². The molecule has 102 valence electrons. The van der Waals surface area contributed by atoms with Crippen molar-refractivity contribution >= 4 is 16.4 Å². The Morgan fingerprint density at radius 3 is 2.17 bits per heavy atom. The van der Waals surface area contributed by atoms with Gasteiger partial charge in [0.15, 0.2) is 0 Å². The number of hydrogen-bond donors (Lipinski definition) is 4. The first kappa shape index (κ1) is 16.5. The fourth-order valence-electron chi connectivity index (χ4n) is 1.16. The molecule has 0 fully saturated rings. The summed E-state index contributed by atoms with van der Waals surface area (Å²) in [5.74, 6) is -0.955. The van der Waals surface area contributed by atoms with Gasteiger partial charge in [-0.3, -0.25) is 13.9 Å². The Balaban J connectivity index is 0.000000494. The van der Waals surface area contributed by atoms with Crippen molar-refractivity contribution in [2.45, 2.75) is 19.4 Å². The van der Waals surface area contributed by atoms with E-state index in [9.17, 15) is 4.79 Å². The maximum atomic E-state index is 10.5. The lowest BCUT2D eigenvalue weighted by molar-refractivity contribution is -0.138. The first-order valence-electron chi connectivity index (χ1n) is 4.84. The molecule has 8 heteroatoms.